The highest BCUT2D eigenvalue weighted by atomic mass is 32.1. The van der Waals surface area contributed by atoms with E-state index in [1.165, 1.54) is 10.4 Å². The molecule has 0 saturated heterocycles. The standard InChI is InChI=1S/C13H19NO3S/c1-10-7-9-18-11(10)6-8-14-12(15)4-2-3-5-13(16)17/h7,9H,2-6,8H2,1H3,(H,14,15)(H,16,17). The third kappa shape index (κ3) is 5.82. The minimum Gasteiger partial charge on any atom is -0.481 e. The maximum absolute atomic E-state index is 11.4. The summed E-state index contributed by atoms with van der Waals surface area (Å²) in [7, 11) is 0. The van der Waals surface area contributed by atoms with Crippen molar-refractivity contribution in [3.05, 3.63) is 21.9 Å². The fourth-order valence-corrected chi connectivity index (χ4v) is 2.54. The Balaban J connectivity index is 2.07. The normalized spacial score (nSPS) is 10.3. The topological polar surface area (TPSA) is 66.4 Å². The zero-order chi connectivity index (χ0) is 13.4. The second-order valence-electron chi connectivity index (χ2n) is 4.23. The second kappa shape index (κ2) is 7.87. The molecule has 1 rings (SSSR count). The van der Waals surface area contributed by atoms with E-state index in [1.807, 2.05) is 0 Å². The van der Waals surface area contributed by atoms with Gasteiger partial charge in [-0.1, -0.05) is 0 Å². The highest BCUT2D eigenvalue weighted by Crippen LogP contribution is 2.15. The summed E-state index contributed by atoms with van der Waals surface area (Å²) in [6.07, 6.45) is 2.62. The van der Waals surface area contributed by atoms with Crippen LogP contribution in [0.1, 0.15) is 36.1 Å². The molecule has 1 aromatic heterocycles. The van der Waals surface area contributed by atoms with Crippen LogP contribution in [0.2, 0.25) is 0 Å². The van der Waals surface area contributed by atoms with Crippen LogP contribution in [0, 0.1) is 6.92 Å². The summed E-state index contributed by atoms with van der Waals surface area (Å²) in [5, 5.41) is 13.4. The molecule has 100 valence electrons. The van der Waals surface area contributed by atoms with Crippen LogP contribution < -0.4 is 5.32 Å². The van der Waals surface area contributed by atoms with Crippen molar-refractivity contribution in [3.63, 3.8) is 0 Å². The van der Waals surface area contributed by atoms with Crippen LogP contribution in [0.5, 0.6) is 0 Å². The van der Waals surface area contributed by atoms with Gasteiger partial charge in [-0.15, -0.1) is 11.3 Å². The Morgan fingerprint density at radius 1 is 1.33 bits per heavy atom. The van der Waals surface area contributed by atoms with E-state index >= 15 is 0 Å². The van der Waals surface area contributed by atoms with Crippen LogP contribution in [0.25, 0.3) is 0 Å². The van der Waals surface area contributed by atoms with Crippen molar-refractivity contribution < 1.29 is 14.7 Å². The van der Waals surface area contributed by atoms with E-state index in [2.05, 4.69) is 23.7 Å². The lowest BCUT2D eigenvalue weighted by Gasteiger charge is -2.04. The molecule has 2 N–H and O–H groups in total. The molecule has 0 unspecified atom stereocenters. The van der Waals surface area contributed by atoms with E-state index in [1.54, 1.807) is 11.3 Å². The van der Waals surface area contributed by atoms with Crippen LogP contribution >= 0.6 is 11.3 Å². The monoisotopic (exact) mass is 269 g/mol. The van der Waals surface area contributed by atoms with Crippen molar-refractivity contribution in [2.75, 3.05) is 6.54 Å². The zero-order valence-electron chi connectivity index (χ0n) is 10.6. The van der Waals surface area contributed by atoms with E-state index in [0.29, 0.717) is 25.8 Å². The molecule has 0 radical (unpaired) electrons. The molecule has 1 heterocycles. The first-order valence-electron chi connectivity index (χ1n) is 6.11. The quantitative estimate of drug-likeness (QED) is 0.712. The van der Waals surface area contributed by atoms with Gasteiger partial charge in [0.1, 0.15) is 0 Å². The first-order chi connectivity index (χ1) is 8.59. The van der Waals surface area contributed by atoms with Gasteiger partial charge in [-0.25, -0.2) is 0 Å². The van der Waals surface area contributed by atoms with Crippen LogP contribution in [0.3, 0.4) is 0 Å². The summed E-state index contributed by atoms with van der Waals surface area (Å²) < 4.78 is 0. The molecule has 1 aromatic rings. The number of hydrogen-bond donors (Lipinski definition) is 2. The van der Waals surface area contributed by atoms with Gasteiger partial charge in [0.15, 0.2) is 0 Å². The molecule has 0 atom stereocenters. The number of amides is 1. The first-order valence-corrected chi connectivity index (χ1v) is 6.99. The Labute approximate surface area is 111 Å². The Kier molecular flexibility index (Phi) is 6.43. The Bertz CT molecular complexity index is 401. The summed E-state index contributed by atoms with van der Waals surface area (Å²) in [6, 6.07) is 2.08. The highest BCUT2D eigenvalue weighted by Gasteiger charge is 2.04. The third-order valence-corrected chi connectivity index (χ3v) is 3.77. The molecule has 0 spiro atoms. The van der Waals surface area contributed by atoms with Gasteiger partial charge in [0, 0.05) is 24.3 Å². The predicted octanol–water partition coefficient (Wildman–Crippen LogP) is 2.36. The van der Waals surface area contributed by atoms with Gasteiger partial charge < -0.3 is 10.4 Å². The number of carbonyl (C=O) groups is 2. The summed E-state index contributed by atoms with van der Waals surface area (Å²) in [4.78, 5) is 23.0. The lowest BCUT2D eigenvalue weighted by molar-refractivity contribution is -0.137. The zero-order valence-corrected chi connectivity index (χ0v) is 11.4. The van der Waals surface area contributed by atoms with Crippen molar-refractivity contribution in [2.24, 2.45) is 0 Å². The fourth-order valence-electron chi connectivity index (χ4n) is 1.63. The smallest absolute Gasteiger partial charge is 0.303 e. The van der Waals surface area contributed by atoms with Gasteiger partial charge in [-0.2, -0.15) is 0 Å². The molecule has 4 nitrogen and oxygen atoms in total. The molecule has 0 saturated carbocycles. The molecule has 0 aliphatic heterocycles. The number of hydrogen-bond acceptors (Lipinski definition) is 3. The number of thiophene rings is 1. The SMILES string of the molecule is Cc1ccsc1CCNC(=O)CCCCC(=O)O. The summed E-state index contributed by atoms with van der Waals surface area (Å²) in [6.45, 7) is 2.72. The Morgan fingerprint density at radius 3 is 2.67 bits per heavy atom. The minimum atomic E-state index is -0.802. The maximum atomic E-state index is 11.4. The van der Waals surface area contributed by atoms with Crippen molar-refractivity contribution in [3.8, 4) is 0 Å². The van der Waals surface area contributed by atoms with Crippen LogP contribution in [-0.2, 0) is 16.0 Å². The highest BCUT2D eigenvalue weighted by molar-refractivity contribution is 7.10. The molecule has 0 bridgehead atoms. The lowest BCUT2D eigenvalue weighted by Crippen LogP contribution is -2.25. The lowest BCUT2D eigenvalue weighted by atomic mass is 10.2. The predicted molar refractivity (Wildman–Crippen MR) is 71.9 cm³/mol. The van der Waals surface area contributed by atoms with Crippen molar-refractivity contribution >= 4 is 23.2 Å². The number of carboxylic acids is 1. The number of aryl methyl sites for hydroxylation is 1. The molecule has 5 heteroatoms. The molecule has 0 aliphatic carbocycles. The van der Waals surface area contributed by atoms with Gasteiger partial charge in [-0.05, 0) is 43.2 Å². The van der Waals surface area contributed by atoms with E-state index < -0.39 is 5.97 Å². The van der Waals surface area contributed by atoms with Gasteiger partial charge in [0.25, 0.3) is 0 Å². The van der Waals surface area contributed by atoms with Gasteiger partial charge >= 0.3 is 5.97 Å². The number of carboxylic acid groups (broad SMARTS) is 1. The summed E-state index contributed by atoms with van der Waals surface area (Å²) >= 11 is 1.71. The van der Waals surface area contributed by atoms with E-state index in [4.69, 9.17) is 5.11 Å². The maximum Gasteiger partial charge on any atom is 0.303 e. The van der Waals surface area contributed by atoms with E-state index in [-0.39, 0.29) is 12.3 Å². The molecular formula is C13H19NO3S. The van der Waals surface area contributed by atoms with Crippen LogP contribution in [0.4, 0.5) is 0 Å². The largest absolute Gasteiger partial charge is 0.481 e. The molecule has 0 fully saturated rings. The van der Waals surface area contributed by atoms with Crippen LogP contribution in [-0.4, -0.2) is 23.5 Å². The molecule has 0 aliphatic rings. The van der Waals surface area contributed by atoms with Crippen molar-refractivity contribution in [1.82, 2.24) is 5.32 Å². The van der Waals surface area contributed by atoms with Crippen molar-refractivity contribution in [2.45, 2.75) is 39.0 Å². The van der Waals surface area contributed by atoms with Gasteiger partial charge in [0.2, 0.25) is 5.91 Å². The number of carbonyl (C=O) groups excluding carboxylic acids is 1. The average Bonchev–Trinajstić information content (AvgIpc) is 2.70. The molecule has 0 aromatic carbocycles. The van der Waals surface area contributed by atoms with E-state index in [9.17, 15) is 9.59 Å². The first kappa shape index (κ1) is 14.7. The second-order valence-corrected chi connectivity index (χ2v) is 5.23. The number of aliphatic carboxylic acids is 1. The Hall–Kier alpha value is -1.36. The molecular weight excluding hydrogens is 250 g/mol. The fraction of sp³-hybridized carbons (Fsp3) is 0.538. The van der Waals surface area contributed by atoms with Gasteiger partial charge in [0.05, 0.1) is 0 Å². The number of unbranched alkanes of at least 4 members (excludes halogenated alkanes) is 1. The van der Waals surface area contributed by atoms with Gasteiger partial charge in [-0.3, -0.25) is 9.59 Å². The Morgan fingerprint density at radius 2 is 2.06 bits per heavy atom. The van der Waals surface area contributed by atoms with Crippen LogP contribution in [0.15, 0.2) is 11.4 Å². The molecule has 18 heavy (non-hydrogen) atoms. The third-order valence-electron chi connectivity index (χ3n) is 2.69. The summed E-state index contributed by atoms with van der Waals surface area (Å²) in [5.74, 6) is -0.793. The number of nitrogens with one attached hydrogen (secondary N) is 1. The van der Waals surface area contributed by atoms with Crippen molar-refractivity contribution in [1.29, 1.82) is 0 Å². The summed E-state index contributed by atoms with van der Waals surface area (Å²) in [5.41, 5.74) is 1.27. The minimum absolute atomic E-state index is 0.00889. The number of rotatable bonds is 8. The molecule has 1 amide bonds. The average molecular weight is 269 g/mol. The van der Waals surface area contributed by atoms with E-state index in [0.717, 1.165) is 6.42 Å².